The van der Waals surface area contributed by atoms with Crippen LogP contribution in [0.5, 0.6) is 0 Å². The van der Waals surface area contributed by atoms with Gasteiger partial charge in [0.05, 0.1) is 11.4 Å². The molecule has 0 saturated heterocycles. The van der Waals surface area contributed by atoms with Crippen LogP contribution in [0.2, 0.25) is 0 Å². The number of hydrogen-bond acceptors (Lipinski definition) is 4. The Morgan fingerprint density at radius 2 is 1.53 bits per heavy atom. The number of aryl methyl sites for hydroxylation is 1. The Hall–Kier alpha value is -2.86. The van der Waals surface area contributed by atoms with E-state index in [0.29, 0.717) is 6.61 Å². The topological polar surface area (TPSA) is 30.3 Å². The van der Waals surface area contributed by atoms with Gasteiger partial charge in [-0.05, 0) is 51.2 Å². The standard InChI is InChI=1S/C29H31N3OS/c1-31(2)18-10-20-33-21-27-30-28-23-13-6-8-15-25(23)34-26-16-9-7-14-24(26)29(28)32(27)19-17-22-11-4-3-5-12-22/h3-9,11-16H,10,17-21H2,1-2H3. The highest BCUT2D eigenvalue weighted by Crippen LogP contribution is 2.47. The fourth-order valence-electron chi connectivity index (χ4n) is 4.46. The third-order valence-electron chi connectivity index (χ3n) is 6.14. The van der Waals surface area contributed by atoms with Crippen LogP contribution in [0.1, 0.15) is 17.8 Å². The summed E-state index contributed by atoms with van der Waals surface area (Å²) in [6, 6.07) is 28.0. The van der Waals surface area contributed by atoms with Crippen molar-refractivity contribution in [1.82, 2.24) is 14.5 Å². The summed E-state index contributed by atoms with van der Waals surface area (Å²) in [5, 5.41) is 0. The van der Waals surface area contributed by atoms with E-state index < -0.39 is 0 Å². The summed E-state index contributed by atoms with van der Waals surface area (Å²) in [6.07, 6.45) is 1.97. The Balaban J connectivity index is 1.55. The second kappa shape index (κ2) is 10.6. The van der Waals surface area contributed by atoms with Crippen LogP contribution < -0.4 is 0 Å². The minimum atomic E-state index is 0.521. The number of rotatable bonds is 9. The van der Waals surface area contributed by atoms with E-state index in [2.05, 4.69) is 102 Å². The molecule has 1 aromatic heterocycles. The molecule has 0 radical (unpaired) electrons. The third-order valence-corrected chi connectivity index (χ3v) is 7.29. The van der Waals surface area contributed by atoms with Crippen LogP contribution in [-0.4, -0.2) is 41.7 Å². The molecule has 174 valence electrons. The lowest BCUT2D eigenvalue weighted by molar-refractivity contribution is 0.106. The molecule has 0 atom stereocenters. The number of nitrogens with zero attached hydrogens (tertiary/aromatic N) is 3. The Labute approximate surface area is 206 Å². The molecule has 0 unspecified atom stereocenters. The first kappa shape index (κ1) is 22.9. The highest BCUT2D eigenvalue weighted by Gasteiger charge is 2.26. The normalized spacial score (nSPS) is 12.2. The first-order chi connectivity index (χ1) is 16.7. The van der Waals surface area contributed by atoms with E-state index in [4.69, 9.17) is 9.72 Å². The number of aromatic nitrogens is 2. The van der Waals surface area contributed by atoms with Gasteiger partial charge in [0.2, 0.25) is 0 Å². The summed E-state index contributed by atoms with van der Waals surface area (Å²) < 4.78 is 8.53. The SMILES string of the molecule is CN(C)CCCOCc1nc2c(n1CCc1ccccc1)-c1ccccc1Sc1ccccc1-2. The molecule has 0 fully saturated rings. The molecule has 0 aliphatic carbocycles. The van der Waals surface area contributed by atoms with Crippen LogP contribution in [0.15, 0.2) is 88.7 Å². The van der Waals surface area contributed by atoms with Crippen molar-refractivity contribution in [3.8, 4) is 22.5 Å². The number of ether oxygens (including phenoxy) is 1. The molecule has 0 saturated carbocycles. The van der Waals surface area contributed by atoms with E-state index in [0.717, 1.165) is 44.1 Å². The fourth-order valence-corrected chi connectivity index (χ4v) is 5.54. The fraction of sp³-hybridized carbons (Fsp3) is 0.276. The summed E-state index contributed by atoms with van der Waals surface area (Å²) in [7, 11) is 4.19. The maximum Gasteiger partial charge on any atom is 0.136 e. The molecule has 5 heteroatoms. The Morgan fingerprint density at radius 3 is 2.29 bits per heavy atom. The maximum absolute atomic E-state index is 6.13. The molecule has 0 bridgehead atoms. The zero-order valence-corrected chi connectivity index (χ0v) is 20.7. The van der Waals surface area contributed by atoms with Crippen molar-refractivity contribution in [2.24, 2.45) is 0 Å². The number of hydrogen-bond donors (Lipinski definition) is 0. The van der Waals surface area contributed by atoms with E-state index >= 15 is 0 Å². The van der Waals surface area contributed by atoms with Gasteiger partial charge in [-0.1, -0.05) is 78.5 Å². The van der Waals surface area contributed by atoms with Crippen LogP contribution in [-0.2, 0) is 24.3 Å². The molecule has 0 spiro atoms. The minimum Gasteiger partial charge on any atom is -0.373 e. The average Bonchev–Trinajstić information content (AvgIpc) is 3.14. The molecule has 4 aromatic rings. The Kier molecular flexibility index (Phi) is 7.14. The minimum absolute atomic E-state index is 0.521. The van der Waals surface area contributed by atoms with Gasteiger partial charge in [-0.3, -0.25) is 0 Å². The van der Waals surface area contributed by atoms with Crippen molar-refractivity contribution in [1.29, 1.82) is 0 Å². The molecule has 4 nitrogen and oxygen atoms in total. The monoisotopic (exact) mass is 469 g/mol. The van der Waals surface area contributed by atoms with Crippen LogP contribution in [0.4, 0.5) is 0 Å². The van der Waals surface area contributed by atoms with Crippen molar-refractivity contribution in [3.05, 3.63) is 90.3 Å². The number of imidazole rings is 1. The predicted octanol–water partition coefficient (Wildman–Crippen LogP) is 6.39. The zero-order valence-electron chi connectivity index (χ0n) is 19.9. The second-order valence-corrected chi connectivity index (χ2v) is 10.0. The average molecular weight is 470 g/mol. The summed E-state index contributed by atoms with van der Waals surface area (Å²) >= 11 is 1.83. The summed E-state index contributed by atoms with van der Waals surface area (Å²) in [4.78, 5) is 9.92. The van der Waals surface area contributed by atoms with Gasteiger partial charge in [0.25, 0.3) is 0 Å². The number of fused-ring (bicyclic) bond motifs is 5. The van der Waals surface area contributed by atoms with Gasteiger partial charge in [-0.2, -0.15) is 0 Å². The van der Waals surface area contributed by atoms with Crippen molar-refractivity contribution >= 4 is 11.8 Å². The van der Waals surface area contributed by atoms with Gasteiger partial charge >= 0.3 is 0 Å². The molecular formula is C29H31N3OS. The van der Waals surface area contributed by atoms with Crippen LogP contribution >= 0.6 is 11.8 Å². The van der Waals surface area contributed by atoms with Crippen molar-refractivity contribution in [2.75, 3.05) is 27.2 Å². The van der Waals surface area contributed by atoms with E-state index in [1.54, 1.807) is 0 Å². The maximum atomic E-state index is 6.13. The molecule has 3 aromatic carbocycles. The van der Waals surface area contributed by atoms with Gasteiger partial charge in [-0.25, -0.2) is 4.98 Å². The molecule has 5 rings (SSSR count). The summed E-state index contributed by atoms with van der Waals surface area (Å²) in [5.74, 6) is 1.00. The van der Waals surface area contributed by atoms with Crippen molar-refractivity contribution in [3.63, 3.8) is 0 Å². The number of benzene rings is 3. The van der Waals surface area contributed by atoms with Gasteiger partial charge in [0, 0.05) is 34.1 Å². The summed E-state index contributed by atoms with van der Waals surface area (Å²) in [5.41, 5.74) is 6.05. The highest BCUT2D eigenvalue weighted by molar-refractivity contribution is 7.99. The lowest BCUT2D eigenvalue weighted by atomic mass is 10.0. The predicted molar refractivity (Wildman–Crippen MR) is 140 cm³/mol. The lowest BCUT2D eigenvalue weighted by Gasteiger charge is -2.15. The molecule has 1 aliphatic rings. The Morgan fingerprint density at radius 1 is 0.853 bits per heavy atom. The van der Waals surface area contributed by atoms with Crippen molar-refractivity contribution < 1.29 is 4.74 Å². The van der Waals surface area contributed by atoms with E-state index in [9.17, 15) is 0 Å². The van der Waals surface area contributed by atoms with E-state index in [1.807, 2.05) is 11.8 Å². The molecule has 34 heavy (non-hydrogen) atoms. The molecule has 0 N–H and O–H groups in total. The van der Waals surface area contributed by atoms with Crippen molar-refractivity contribution in [2.45, 2.75) is 35.8 Å². The van der Waals surface area contributed by atoms with Gasteiger partial charge in [-0.15, -0.1) is 0 Å². The molecule has 0 amide bonds. The summed E-state index contributed by atoms with van der Waals surface area (Å²) in [6.45, 7) is 3.14. The van der Waals surface area contributed by atoms with Crippen LogP contribution in [0.25, 0.3) is 22.5 Å². The van der Waals surface area contributed by atoms with Gasteiger partial charge in [0.15, 0.2) is 0 Å². The first-order valence-corrected chi connectivity index (χ1v) is 12.7. The molecule has 2 heterocycles. The highest BCUT2D eigenvalue weighted by atomic mass is 32.2. The lowest BCUT2D eigenvalue weighted by Crippen LogP contribution is -2.15. The van der Waals surface area contributed by atoms with E-state index in [-0.39, 0.29) is 0 Å². The first-order valence-electron chi connectivity index (χ1n) is 11.9. The zero-order chi connectivity index (χ0) is 23.3. The van der Waals surface area contributed by atoms with Gasteiger partial charge in [0.1, 0.15) is 12.4 Å². The largest absolute Gasteiger partial charge is 0.373 e. The van der Waals surface area contributed by atoms with E-state index in [1.165, 1.54) is 32.2 Å². The molecule has 1 aliphatic heterocycles. The quantitative estimate of drug-likeness (QED) is 0.234. The second-order valence-electron chi connectivity index (χ2n) is 8.92. The van der Waals surface area contributed by atoms with Gasteiger partial charge < -0.3 is 14.2 Å². The van der Waals surface area contributed by atoms with Crippen LogP contribution in [0, 0.1) is 0 Å². The molecular weight excluding hydrogens is 438 g/mol. The third kappa shape index (κ3) is 4.97. The van der Waals surface area contributed by atoms with Crippen LogP contribution in [0.3, 0.4) is 0 Å². The Bertz CT molecular complexity index is 1250. The smallest absolute Gasteiger partial charge is 0.136 e.